The van der Waals surface area contributed by atoms with E-state index in [9.17, 15) is 9.59 Å². The van der Waals surface area contributed by atoms with E-state index in [0.29, 0.717) is 5.71 Å². The highest BCUT2D eigenvalue weighted by Gasteiger charge is 2.26. The minimum atomic E-state index is -0.848. The van der Waals surface area contributed by atoms with Gasteiger partial charge in [0.2, 0.25) is 0 Å². The van der Waals surface area contributed by atoms with Crippen molar-refractivity contribution in [2.45, 2.75) is 51.9 Å². The van der Waals surface area contributed by atoms with Crippen molar-refractivity contribution < 1.29 is 19.1 Å². The Bertz CT molecular complexity index is 1050. The number of esters is 2. The molecule has 0 bridgehead atoms. The summed E-state index contributed by atoms with van der Waals surface area (Å²) < 4.78 is 11.0. The number of rotatable bonds is 9. The van der Waals surface area contributed by atoms with Gasteiger partial charge in [0.05, 0.1) is 5.71 Å². The molecule has 3 rings (SSSR count). The van der Waals surface area contributed by atoms with Gasteiger partial charge in [0.15, 0.2) is 0 Å². The summed E-state index contributed by atoms with van der Waals surface area (Å²) in [5, 5.41) is 0. The lowest BCUT2D eigenvalue weighted by Crippen LogP contribution is -2.32. The van der Waals surface area contributed by atoms with Gasteiger partial charge in [-0.05, 0) is 32.8 Å². The minimum absolute atomic E-state index is 0.0527. The van der Waals surface area contributed by atoms with Crippen LogP contribution in [0, 0.1) is 0 Å². The average molecular weight is 458 g/mol. The summed E-state index contributed by atoms with van der Waals surface area (Å²) >= 11 is 0. The summed E-state index contributed by atoms with van der Waals surface area (Å²) in [6.45, 7) is 5.64. The van der Waals surface area contributed by atoms with Crippen molar-refractivity contribution in [3.8, 4) is 0 Å². The molecule has 1 atom stereocenters. The molecule has 0 heterocycles. The van der Waals surface area contributed by atoms with Crippen molar-refractivity contribution in [3.63, 3.8) is 0 Å². The molecule has 0 saturated heterocycles. The summed E-state index contributed by atoms with van der Waals surface area (Å²) in [5.74, 6) is -0.846. The van der Waals surface area contributed by atoms with Crippen molar-refractivity contribution in [3.05, 3.63) is 108 Å². The maximum absolute atomic E-state index is 13.1. The predicted molar refractivity (Wildman–Crippen MR) is 134 cm³/mol. The molecule has 0 saturated carbocycles. The number of nitrogens with zero attached hydrogens (tertiary/aromatic N) is 1. The number of carbonyl (C=O) groups excluding carboxylic acids is 2. The minimum Gasteiger partial charge on any atom is -0.461 e. The molecule has 0 aliphatic rings. The topological polar surface area (TPSA) is 65.0 Å². The maximum Gasteiger partial charge on any atom is 0.331 e. The first-order valence-electron chi connectivity index (χ1n) is 11.4. The number of hydrogen-bond donors (Lipinski definition) is 0. The third-order valence-corrected chi connectivity index (χ3v) is 4.92. The van der Waals surface area contributed by atoms with Gasteiger partial charge in [-0.1, -0.05) is 91.0 Å². The second-order valence-electron chi connectivity index (χ2n) is 8.94. The lowest BCUT2D eigenvalue weighted by Gasteiger charge is -2.23. The molecule has 3 aromatic carbocycles. The number of aliphatic imine (C=N–C) groups is 1. The van der Waals surface area contributed by atoms with E-state index in [1.165, 1.54) is 0 Å². The smallest absolute Gasteiger partial charge is 0.331 e. The molecule has 0 unspecified atom stereocenters. The molecule has 3 aromatic rings. The molecule has 5 nitrogen and oxygen atoms in total. The molecule has 34 heavy (non-hydrogen) atoms. The Kier molecular flexibility index (Phi) is 8.74. The van der Waals surface area contributed by atoms with Crippen LogP contribution >= 0.6 is 0 Å². The molecule has 0 aromatic heterocycles. The quantitative estimate of drug-likeness (QED) is 0.303. The summed E-state index contributed by atoms with van der Waals surface area (Å²) in [7, 11) is 0. The SMILES string of the molecule is CC(C)(C)OC(=O)[C@@H](CCC(=O)OCc1ccccc1)N=C(c1ccccc1)c1ccccc1. The van der Waals surface area contributed by atoms with Gasteiger partial charge in [-0.25, -0.2) is 4.79 Å². The Morgan fingerprint density at radius 3 is 1.79 bits per heavy atom. The van der Waals surface area contributed by atoms with Crippen LogP contribution in [0.5, 0.6) is 0 Å². The maximum atomic E-state index is 13.1. The van der Waals surface area contributed by atoms with Crippen molar-refractivity contribution >= 4 is 17.7 Å². The lowest BCUT2D eigenvalue weighted by molar-refractivity contribution is -0.156. The Morgan fingerprint density at radius 1 is 0.794 bits per heavy atom. The van der Waals surface area contributed by atoms with Gasteiger partial charge >= 0.3 is 11.9 Å². The first-order valence-corrected chi connectivity index (χ1v) is 11.4. The summed E-state index contributed by atoms with van der Waals surface area (Å²) in [5.41, 5.74) is 2.68. The fourth-order valence-electron chi connectivity index (χ4n) is 3.33. The van der Waals surface area contributed by atoms with Crippen molar-refractivity contribution in [1.82, 2.24) is 0 Å². The Morgan fingerprint density at radius 2 is 1.29 bits per heavy atom. The van der Waals surface area contributed by atoms with Crippen LogP contribution in [-0.2, 0) is 25.7 Å². The molecular formula is C29H31NO4. The Labute approximate surface area is 201 Å². The lowest BCUT2D eigenvalue weighted by atomic mass is 10.0. The van der Waals surface area contributed by atoms with Gasteiger partial charge < -0.3 is 9.47 Å². The van der Waals surface area contributed by atoms with Crippen LogP contribution in [0.2, 0.25) is 0 Å². The Balaban J connectivity index is 1.82. The average Bonchev–Trinajstić information content (AvgIpc) is 2.83. The van der Waals surface area contributed by atoms with Crippen molar-refractivity contribution in [1.29, 1.82) is 0 Å². The Hall–Kier alpha value is -3.73. The first kappa shape index (κ1) is 24.9. The summed E-state index contributed by atoms with van der Waals surface area (Å²) in [6, 6.07) is 28.0. The molecule has 0 spiro atoms. The van der Waals surface area contributed by atoms with Gasteiger partial charge in [0.1, 0.15) is 18.2 Å². The molecule has 5 heteroatoms. The number of hydrogen-bond acceptors (Lipinski definition) is 5. The zero-order valence-electron chi connectivity index (χ0n) is 19.9. The standard InChI is InChI=1S/C29H31NO4/c1-29(2,3)34-28(32)25(19-20-26(31)33-21-22-13-7-4-8-14-22)30-27(23-15-9-5-10-16-23)24-17-11-6-12-18-24/h4-18,25H,19-21H2,1-3H3/t25-/m1/s1. The fourth-order valence-corrected chi connectivity index (χ4v) is 3.33. The van der Waals surface area contributed by atoms with Gasteiger partial charge in [-0.2, -0.15) is 0 Å². The van der Waals surface area contributed by atoms with Crippen LogP contribution in [0.25, 0.3) is 0 Å². The van der Waals surface area contributed by atoms with E-state index in [4.69, 9.17) is 14.5 Å². The van der Waals surface area contributed by atoms with Crippen LogP contribution < -0.4 is 0 Å². The van der Waals surface area contributed by atoms with Crippen molar-refractivity contribution in [2.24, 2.45) is 4.99 Å². The van der Waals surface area contributed by atoms with E-state index in [0.717, 1.165) is 16.7 Å². The second-order valence-corrected chi connectivity index (χ2v) is 8.94. The number of ether oxygens (including phenoxy) is 2. The van der Waals surface area contributed by atoms with E-state index in [1.807, 2.05) is 112 Å². The highest BCUT2D eigenvalue weighted by molar-refractivity contribution is 6.13. The highest BCUT2D eigenvalue weighted by Crippen LogP contribution is 2.18. The molecule has 0 aliphatic carbocycles. The van der Waals surface area contributed by atoms with E-state index in [1.54, 1.807) is 0 Å². The van der Waals surface area contributed by atoms with E-state index < -0.39 is 17.6 Å². The normalized spacial score (nSPS) is 11.9. The molecule has 0 fully saturated rings. The van der Waals surface area contributed by atoms with Gasteiger partial charge in [-0.15, -0.1) is 0 Å². The predicted octanol–water partition coefficient (Wildman–Crippen LogP) is 5.76. The molecule has 0 amide bonds. The van der Waals surface area contributed by atoms with Gasteiger partial charge in [0.25, 0.3) is 0 Å². The van der Waals surface area contributed by atoms with E-state index in [-0.39, 0.29) is 25.4 Å². The fraction of sp³-hybridized carbons (Fsp3) is 0.276. The van der Waals surface area contributed by atoms with E-state index in [2.05, 4.69) is 0 Å². The highest BCUT2D eigenvalue weighted by atomic mass is 16.6. The molecular weight excluding hydrogens is 426 g/mol. The van der Waals surface area contributed by atoms with Crippen LogP contribution in [0.3, 0.4) is 0 Å². The molecule has 176 valence electrons. The van der Waals surface area contributed by atoms with E-state index >= 15 is 0 Å². The largest absolute Gasteiger partial charge is 0.461 e. The molecule has 0 aliphatic heterocycles. The summed E-state index contributed by atoms with van der Waals surface area (Å²) in [4.78, 5) is 30.3. The second kappa shape index (κ2) is 11.9. The van der Waals surface area contributed by atoms with Crippen LogP contribution in [-0.4, -0.2) is 29.3 Å². The molecule has 0 N–H and O–H groups in total. The van der Waals surface area contributed by atoms with Crippen LogP contribution in [0.4, 0.5) is 0 Å². The third kappa shape index (κ3) is 8.00. The third-order valence-electron chi connectivity index (χ3n) is 4.92. The number of benzene rings is 3. The monoisotopic (exact) mass is 457 g/mol. The van der Waals surface area contributed by atoms with Crippen LogP contribution in [0.1, 0.15) is 50.3 Å². The van der Waals surface area contributed by atoms with Gasteiger partial charge in [-0.3, -0.25) is 9.79 Å². The number of carbonyl (C=O) groups is 2. The van der Waals surface area contributed by atoms with Gasteiger partial charge in [0, 0.05) is 17.5 Å². The first-order chi connectivity index (χ1) is 16.3. The van der Waals surface area contributed by atoms with Crippen LogP contribution in [0.15, 0.2) is 96.0 Å². The molecule has 0 radical (unpaired) electrons. The zero-order chi connectivity index (χ0) is 24.4. The van der Waals surface area contributed by atoms with Crippen molar-refractivity contribution in [2.75, 3.05) is 0 Å². The summed E-state index contributed by atoms with van der Waals surface area (Å²) in [6.07, 6.45) is 0.239. The zero-order valence-corrected chi connectivity index (χ0v) is 19.9.